The van der Waals surface area contributed by atoms with Crippen molar-refractivity contribution in [3.63, 3.8) is 0 Å². The summed E-state index contributed by atoms with van der Waals surface area (Å²) in [7, 11) is 0. The van der Waals surface area contributed by atoms with E-state index in [0.717, 1.165) is 15.6 Å². The van der Waals surface area contributed by atoms with Crippen LogP contribution < -0.4 is 11.1 Å². The van der Waals surface area contributed by atoms with Crippen LogP contribution >= 0.6 is 15.9 Å². The molecule has 7 heteroatoms. The van der Waals surface area contributed by atoms with Crippen LogP contribution in [0.4, 0.5) is 4.79 Å². The minimum atomic E-state index is -0.761. The summed E-state index contributed by atoms with van der Waals surface area (Å²) in [4.78, 5) is 24.0. The molecule has 0 unspecified atom stereocenters. The SMILES string of the molecule is Cc1cccc([C@@H](O)C(C)(C)/C=C/C#C/C=C/[C@@H]2NC(=O)/C=C\C[C@H](C)C[C@H](OC(N)=O)C[C@H](C)/C=C/[C@H]2C)c1Br. The molecular weight excluding hydrogens is 580 g/mol. The Hall–Kier alpha value is -3.08. The zero-order valence-electron chi connectivity index (χ0n) is 25.1. The summed E-state index contributed by atoms with van der Waals surface area (Å²) in [6.07, 6.45) is 15.2. The fourth-order valence-electron chi connectivity index (χ4n) is 4.73. The molecule has 6 atom stereocenters. The van der Waals surface area contributed by atoms with E-state index >= 15 is 0 Å². The molecule has 0 aromatic heterocycles. The van der Waals surface area contributed by atoms with Crippen LogP contribution in [0.2, 0.25) is 0 Å². The lowest BCUT2D eigenvalue weighted by atomic mass is 9.82. The number of hydrogen-bond donors (Lipinski definition) is 3. The normalized spacial score (nSPS) is 26.8. The zero-order valence-corrected chi connectivity index (χ0v) is 26.6. The zero-order chi connectivity index (χ0) is 30.6. The van der Waals surface area contributed by atoms with Crippen LogP contribution in [0, 0.1) is 41.9 Å². The van der Waals surface area contributed by atoms with E-state index in [4.69, 9.17) is 10.5 Å². The molecule has 0 saturated carbocycles. The minimum absolute atomic E-state index is 0.00243. The highest BCUT2D eigenvalue weighted by atomic mass is 79.9. The maximum absolute atomic E-state index is 12.6. The van der Waals surface area contributed by atoms with Crippen molar-refractivity contribution in [1.29, 1.82) is 0 Å². The van der Waals surface area contributed by atoms with Gasteiger partial charge in [0.25, 0.3) is 0 Å². The summed E-state index contributed by atoms with van der Waals surface area (Å²) in [5.74, 6) is 6.26. The first-order chi connectivity index (χ1) is 19.3. The highest BCUT2D eigenvalue weighted by Crippen LogP contribution is 2.38. The lowest BCUT2D eigenvalue weighted by Gasteiger charge is -2.28. The monoisotopic (exact) mass is 624 g/mol. The average Bonchev–Trinajstić information content (AvgIpc) is 2.88. The number of allylic oxidation sites excluding steroid dienone is 4. The fourth-order valence-corrected chi connectivity index (χ4v) is 5.21. The fraction of sp³-hybridized carbons (Fsp3) is 0.471. The second kappa shape index (κ2) is 16.4. The lowest BCUT2D eigenvalue weighted by molar-refractivity contribution is -0.117. The Labute approximate surface area is 254 Å². The number of nitrogens with one attached hydrogen (secondary N) is 1. The molecule has 4 N–H and O–H groups in total. The Morgan fingerprint density at radius 2 is 1.90 bits per heavy atom. The van der Waals surface area contributed by atoms with Gasteiger partial charge in [0, 0.05) is 9.89 Å². The number of carbonyl (C=O) groups is 2. The van der Waals surface area contributed by atoms with Crippen LogP contribution in [0.5, 0.6) is 0 Å². The Bertz CT molecular complexity index is 1220. The maximum atomic E-state index is 12.6. The minimum Gasteiger partial charge on any atom is -0.446 e. The molecule has 0 radical (unpaired) electrons. The number of carbonyl (C=O) groups excluding carboxylic acids is 2. The van der Waals surface area contributed by atoms with Gasteiger partial charge < -0.3 is 20.9 Å². The van der Waals surface area contributed by atoms with Gasteiger partial charge in [0.1, 0.15) is 6.10 Å². The molecule has 1 aliphatic rings. The Kier molecular flexibility index (Phi) is 13.6. The second-order valence-corrected chi connectivity index (χ2v) is 12.5. The molecule has 222 valence electrons. The molecule has 1 aromatic rings. The van der Waals surface area contributed by atoms with Crippen molar-refractivity contribution < 1.29 is 19.4 Å². The van der Waals surface area contributed by atoms with E-state index in [9.17, 15) is 14.7 Å². The summed E-state index contributed by atoms with van der Waals surface area (Å²) in [6.45, 7) is 12.1. The maximum Gasteiger partial charge on any atom is 0.404 e. The number of benzene rings is 1. The Morgan fingerprint density at radius 1 is 1.20 bits per heavy atom. The lowest BCUT2D eigenvalue weighted by Crippen LogP contribution is -2.36. The van der Waals surface area contributed by atoms with E-state index in [1.807, 2.05) is 64.1 Å². The molecule has 1 aliphatic heterocycles. The summed E-state index contributed by atoms with van der Waals surface area (Å²) in [5, 5.41) is 14.1. The van der Waals surface area contributed by atoms with Gasteiger partial charge in [-0.05, 0) is 73.3 Å². The molecular formula is C34H45BrN2O4. The van der Waals surface area contributed by atoms with Gasteiger partial charge in [-0.1, -0.05) is 111 Å². The van der Waals surface area contributed by atoms with Crippen molar-refractivity contribution in [3.8, 4) is 11.8 Å². The Balaban J connectivity index is 2.15. The second-order valence-electron chi connectivity index (χ2n) is 11.7. The number of aryl methyl sites for hydroxylation is 1. The molecule has 0 bridgehead atoms. The molecule has 6 nitrogen and oxygen atoms in total. The van der Waals surface area contributed by atoms with Crippen LogP contribution in [-0.2, 0) is 9.53 Å². The number of nitrogens with two attached hydrogens (primary N) is 1. The number of primary amides is 1. The van der Waals surface area contributed by atoms with Crippen molar-refractivity contribution >= 4 is 27.9 Å². The molecule has 0 spiro atoms. The summed E-state index contributed by atoms with van der Waals surface area (Å²) >= 11 is 3.59. The van der Waals surface area contributed by atoms with E-state index < -0.39 is 17.6 Å². The predicted molar refractivity (Wildman–Crippen MR) is 170 cm³/mol. The molecule has 41 heavy (non-hydrogen) atoms. The van der Waals surface area contributed by atoms with Crippen LogP contribution in [0.1, 0.15) is 71.1 Å². The first kappa shape index (κ1) is 34.1. The highest BCUT2D eigenvalue weighted by Gasteiger charge is 2.28. The van der Waals surface area contributed by atoms with Crippen molar-refractivity contribution in [3.05, 3.63) is 82.4 Å². The van der Waals surface area contributed by atoms with Crippen LogP contribution in [0.15, 0.2) is 71.3 Å². The van der Waals surface area contributed by atoms with Gasteiger partial charge in [-0.2, -0.15) is 0 Å². The van der Waals surface area contributed by atoms with Crippen LogP contribution in [0.3, 0.4) is 0 Å². The first-order valence-electron chi connectivity index (χ1n) is 14.2. The topological polar surface area (TPSA) is 102 Å². The van der Waals surface area contributed by atoms with E-state index in [0.29, 0.717) is 19.3 Å². The molecule has 1 aromatic carbocycles. The van der Waals surface area contributed by atoms with Crippen molar-refractivity contribution in [2.24, 2.45) is 28.9 Å². The van der Waals surface area contributed by atoms with Gasteiger partial charge in [-0.25, -0.2) is 4.79 Å². The third-order valence-corrected chi connectivity index (χ3v) is 8.38. The third kappa shape index (κ3) is 11.7. The summed E-state index contributed by atoms with van der Waals surface area (Å²) in [6, 6.07) is 5.60. The van der Waals surface area contributed by atoms with Gasteiger partial charge in [0.15, 0.2) is 0 Å². The molecule has 0 aliphatic carbocycles. The molecule has 0 saturated heterocycles. The number of rotatable bonds is 5. The molecule has 2 rings (SSSR count). The van der Waals surface area contributed by atoms with Gasteiger partial charge >= 0.3 is 6.09 Å². The van der Waals surface area contributed by atoms with E-state index in [1.54, 1.807) is 18.2 Å². The van der Waals surface area contributed by atoms with Gasteiger partial charge in [0.05, 0.1) is 12.1 Å². The van der Waals surface area contributed by atoms with Gasteiger partial charge in [-0.15, -0.1) is 0 Å². The van der Waals surface area contributed by atoms with Crippen molar-refractivity contribution in [2.45, 2.75) is 79.1 Å². The average molecular weight is 626 g/mol. The highest BCUT2D eigenvalue weighted by molar-refractivity contribution is 9.10. The van der Waals surface area contributed by atoms with Gasteiger partial charge in [0.2, 0.25) is 5.91 Å². The predicted octanol–water partition coefficient (Wildman–Crippen LogP) is 7.09. The first-order valence-corrected chi connectivity index (χ1v) is 15.0. The number of aliphatic hydroxyl groups is 1. The van der Waals surface area contributed by atoms with Crippen molar-refractivity contribution in [2.75, 3.05) is 0 Å². The van der Waals surface area contributed by atoms with E-state index in [-0.39, 0.29) is 35.8 Å². The standard InChI is InChI=1S/C34H45BrN2O4/c1-23-13-11-17-30(38)37-29(25(3)19-18-24(2)22-27(21-23)41-33(36)40)16-9-7-8-10-20-34(5,6)32(39)28-15-12-14-26(4)31(28)35/h9-12,14-20,23-25,27,29,32,39H,13,21-22H2,1-6H3,(H2,36,40)(H,37,38)/b16-9+,17-11-,19-18+,20-10+/t23-,24+,25+,27-,29-,32+/m0/s1. The smallest absolute Gasteiger partial charge is 0.404 e. The van der Waals surface area contributed by atoms with Crippen LogP contribution in [0.25, 0.3) is 0 Å². The summed E-state index contributed by atoms with van der Waals surface area (Å²) in [5.41, 5.74) is 6.68. The van der Waals surface area contributed by atoms with E-state index in [2.05, 4.69) is 59.1 Å². The largest absolute Gasteiger partial charge is 0.446 e. The number of hydrogen-bond acceptors (Lipinski definition) is 4. The van der Waals surface area contributed by atoms with E-state index in [1.165, 1.54) is 0 Å². The summed E-state index contributed by atoms with van der Waals surface area (Å²) < 4.78 is 6.28. The quantitative estimate of drug-likeness (QED) is 0.240. The van der Waals surface area contributed by atoms with Gasteiger partial charge in [-0.3, -0.25) is 4.79 Å². The Morgan fingerprint density at radius 3 is 2.61 bits per heavy atom. The number of amides is 2. The molecule has 0 fully saturated rings. The number of aliphatic hydroxyl groups excluding tert-OH is 1. The molecule has 2 amide bonds. The van der Waals surface area contributed by atoms with Crippen molar-refractivity contribution in [1.82, 2.24) is 5.32 Å². The molecule has 1 heterocycles. The third-order valence-electron chi connectivity index (χ3n) is 7.30. The number of ether oxygens (including phenoxy) is 1. The van der Waals surface area contributed by atoms with Crippen LogP contribution in [-0.4, -0.2) is 29.3 Å². The number of halogens is 1.